The summed E-state index contributed by atoms with van der Waals surface area (Å²) in [6, 6.07) is 10.5. The molecule has 1 aliphatic rings. The number of likely N-dealkylation sites (tertiary alicyclic amines) is 1. The maximum Gasteiger partial charge on any atom is 0.255 e. The van der Waals surface area contributed by atoms with Crippen molar-refractivity contribution in [3.63, 3.8) is 0 Å². The van der Waals surface area contributed by atoms with Crippen LogP contribution in [-0.2, 0) is 0 Å². The van der Waals surface area contributed by atoms with Gasteiger partial charge in [-0.2, -0.15) is 0 Å². The molecule has 0 radical (unpaired) electrons. The first-order valence-corrected chi connectivity index (χ1v) is 9.56. The summed E-state index contributed by atoms with van der Waals surface area (Å²) < 4.78 is 10.8. The van der Waals surface area contributed by atoms with Crippen LogP contribution < -0.4 is 14.8 Å². The third-order valence-corrected chi connectivity index (χ3v) is 4.93. The maximum absolute atomic E-state index is 12.8. The van der Waals surface area contributed by atoms with Crippen LogP contribution in [0.15, 0.2) is 36.4 Å². The Labute approximate surface area is 165 Å². The van der Waals surface area contributed by atoms with Crippen molar-refractivity contribution in [3.05, 3.63) is 53.1 Å². The van der Waals surface area contributed by atoms with Crippen molar-refractivity contribution in [1.29, 1.82) is 0 Å². The van der Waals surface area contributed by atoms with Crippen molar-refractivity contribution in [3.8, 4) is 11.5 Å². The number of methoxy groups -OCH3 is 1. The molecule has 28 heavy (non-hydrogen) atoms. The third kappa shape index (κ3) is 4.11. The lowest BCUT2D eigenvalue weighted by atomic mass is 10.0. The van der Waals surface area contributed by atoms with Crippen LogP contribution in [0.2, 0.25) is 0 Å². The Morgan fingerprint density at radius 3 is 2.54 bits per heavy atom. The highest BCUT2D eigenvalue weighted by molar-refractivity contribution is 6.06. The van der Waals surface area contributed by atoms with Gasteiger partial charge in [-0.25, -0.2) is 0 Å². The Morgan fingerprint density at radius 1 is 1.11 bits per heavy atom. The molecule has 2 aromatic rings. The number of nitrogens with zero attached hydrogens (tertiary/aromatic N) is 1. The van der Waals surface area contributed by atoms with Gasteiger partial charge in [0.25, 0.3) is 11.8 Å². The fourth-order valence-electron chi connectivity index (χ4n) is 3.37. The molecule has 0 aromatic heterocycles. The summed E-state index contributed by atoms with van der Waals surface area (Å²) in [6.45, 7) is 5.79. The summed E-state index contributed by atoms with van der Waals surface area (Å²) in [5, 5.41) is 2.91. The van der Waals surface area contributed by atoms with E-state index in [1.807, 2.05) is 24.8 Å². The molecule has 6 nitrogen and oxygen atoms in total. The van der Waals surface area contributed by atoms with Crippen molar-refractivity contribution in [1.82, 2.24) is 4.90 Å². The van der Waals surface area contributed by atoms with Crippen LogP contribution in [0.4, 0.5) is 5.69 Å². The summed E-state index contributed by atoms with van der Waals surface area (Å²) in [5.74, 6) is 0.853. The molecule has 1 saturated heterocycles. The van der Waals surface area contributed by atoms with Gasteiger partial charge in [-0.15, -0.1) is 0 Å². The predicted octanol–water partition coefficient (Wildman–Crippen LogP) is 3.89. The summed E-state index contributed by atoms with van der Waals surface area (Å²) in [6.07, 6.45) is 2.09. The first-order chi connectivity index (χ1) is 13.5. The molecule has 0 saturated carbocycles. The zero-order valence-corrected chi connectivity index (χ0v) is 16.6. The number of carbonyl (C=O) groups excluding carboxylic acids is 2. The van der Waals surface area contributed by atoms with Gasteiger partial charge in [0.1, 0.15) is 0 Å². The van der Waals surface area contributed by atoms with Crippen LogP contribution in [0.1, 0.15) is 46.0 Å². The van der Waals surface area contributed by atoms with Gasteiger partial charge in [0.2, 0.25) is 0 Å². The predicted molar refractivity (Wildman–Crippen MR) is 108 cm³/mol. The van der Waals surface area contributed by atoms with Gasteiger partial charge in [-0.1, -0.05) is 6.07 Å². The van der Waals surface area contributed by atoms with Crippen molar-refractivity contribution >= 4 is 17.5 Å². The number of amides is 2. The molecule has 0 aliphatic carbocycles. The topological polar surface area (TPSA) is 67.9 Å². The quantitative estimate of drug-likeness (QED) is 0.823. The van der Waals surface area contributed by atoms with Crippen LogP contribution in [0, 0.1) is 6.92 Å². The van der Waals surface area contributed by atoms with Gasteiger partial charge in [0.05, 0.1) is 13.7 Å². The summed E-state index contributed by atoms with van der Waals surface area (Å²) in [4.78, 5) is 27.4. The molecule has 1 heterocycles. The lowest BCUT2D eigenvalue weighted by Crippen LogP contribution is -2.28. The zero-order chi connectivity index (χ0) is 20.1. The molecular formula is C22H26N2O4. The van der Waals surface area contributed by atoms with E-state index in [-0.39, 0.29) is 11.8 Å². The van der Waals surface area contributed by atoms with E-state index in [0.717, 1.165) is 31.5 Å². The molecule has 0 spiro atoms. The van der Waals surface area contributed by atoms with E-state index >= 15 is 0 Å². The van der Waals surface area contributed by atoms with E-state index in [0.29, 0.717) is 34.9 Å². The van der Waals surface area contributed by atoms with Gasteiger partial charge in [-0.05, 0) is 62.6 Å². The number of rotatable bonds is 6. The summed E-state index contributed by atoms with van der Waals surface area (Å²) in [7, 11) is 1.56. The number of nitrogens with one attached hydrogen (secondary N) is 1. The third-order valence-electron chi connectivity index (χ3n) is 4.93. The Bertz CT molecular complexity index is 873. The van der Waals surface area contributed by atoms with Crippen LogP contribution in [0.3, 0.4) is 0 Å². The second-order valence-corrected chi connectivity index (χ2v) is 6.73. The van der Waals surface area contributed by atoms with Crippen LogP contribution in [0.25, 0.3) is 0 Å². The van der Waals surface area contributed by atoms with E-state index in [2.05, 4.69) is 5.32 Å². The second-order valence-electron chi connectivity index (χ2n) is 6.73. The molecule has 0 unspecified atom stereocenters. The monoisotopic (exact) mass is 382 g/mol. The highest BCUT2D eigenvalue weighted by Gasteiger charge is 2.22. The highest BCUT2D eigenvalue weighted by atomic mass is 16.5. The maximum atomic E-state index is 12.8. The largest absolute Gasteiger partial charge is 0.493 e. The van der Waals surface area contributed by atoms with Crippen LogP contribution >= 0.6 is 0 Å². The Morgan fingerprint density at radius 2 is 1.86 bits per heavy atom. The van der Waals surface area contributed by atoms with E-state index in [4.69, 9.17) is 9.47 Å². The molecular weight excluding hydrogens is 356 g/mol. The average molecular weight is 382 g/mol. The molecule has 0 atom stereocenters. The summed E-state index contributed by atoms with van der Waals surface area (Å²) >= 11 is 0. The number of anilines is 1. The second kappa shape index (κ2) is 8.78. The van der Waals surface area contributed by atoms with Crippen LogP contribution in [0.5, 0.6) is 11.5 Å². The first-order valence-electron chi connectivity index (χ1n) is 9.56. The lowest BCUT2D eigenvalue weighted by Gasteiger charge is -2.18. The molecule has 2 aromatic carbocycles. The fraction of sp³-hybridized carbons (Fsp3) is 0.364. The summed E-state index contributed by atoms with van der Waals surface area (Å²) in [5.41, 5.74) is 2.49. The minimum absolute atomic E-state index is 0.0224. The molecule has 3 rings (SSSR count). The lowest BCUT2D eigenvalue weighted by molar-refractivity contribution is 0.0791. The van der Waals surface area contributed by atoms with Crippen molar-refractivity contribution in [2.24, 2.45) is 0 Å². The minimum atomic E-state index is -0.266. The normalized spacial score (nSPS) is 13.3. The van der Waals surface area contributed by atoms with Gasteiger partial charge in [0.15, 0.2) is 11.5 Å². The highest BCUT2D eigenvalue weighted by Crippen LogP contribution is 2.29. The molecule has 2 amide bonds. The van der Waals surface area contributed by atoms with Gasteiger partial charge >= 0.3 is 0 Å². The van der Waals surface area contributed by atoms with Crippen molar-refractivity contribution in [2.75, 3.05) is 32.1 Å². The molecule has 1 aliphatic heterocycles. The number of hydrogen-bond acceptors (Lipinski definition) is 4. The van der Waals surface area contributed by atoms with E-state index in [1.54, 1.807) is 37.4 Å². The zero-order valence-electron chi connectivity index (χ0n) is 16.6. The number of benzene rings is 2. The molecule has 1 N–H and O–H groups in total. The van der Waals surface area contributed by atoms with Crippen LogP contribution in [-0.4, -0.2) is 43.5 Å². The van der Waals surface area contributed by atoms with Crippen molar-refractivity contribution < 1.29 is 19.1 Å². The molecule has 1 fully saturated rings. The van der Waals surface area contributed by atoms with Gasteiger partial charge < -0.3 is 19.7 Å². The SMILES string of the molecule is CCOc1cc(C(=O)Nc2cccc(C(=O)N3CCCC3)c2C)ccc1OC. The van der Waals surface area contributed by atoms with E-state index in [9.17, 15) is 9.59 Å². The Balaban J connectivity index is 1.82. The molecule has 0 bridgehead atoms. The fourth-order valence-corrected chi connectivity index (χ4v) is 3.37. The smallest absolute Gasteiger partial charge is 0.255 e. The average Bonchev–Trinajstić information content (AvgIpc) is 3.24. The molecule has 148 valence electrons. The first kappa shape index (κ1) is 19.7. The number of ether oxygens (including phenoxy) is 2. The van der Waals surface area contributed by atoms with E-state index in [1.165, 1.54) is 0 Å². The Hall–Kier alpha value is -3.02. The van der Waals surface area contributed by atoms with E-state index < -0.39 is 0 Å². The van der Waals surface area contributed by atoms with Crippen molar-refractivity contribution in [2.45, 2.75) is 26.7 Å². The standard InChI is InChI=1S/C22H26N2O4/c1-4-28-20-14-16(10-11-19(20)27-3)21(25)23-18-9-7-8-17(15(18)2)22(26)24-12-5-6-13-24/h7-11,14H,4-6,12-13H2,1-3H3,(H,23,25). The Kier molecular flexibility index (Phi) is 6.19. The number of hydrogen-bond donors (Lipinski definition) is 1. The molecule has 6 heteroatoms. The van der Waals surface area contributed by atoms with Gasteiger partial charge in [-0.3, -0.25) is 9.59 Å². The minimum Gasteiger partial charge on any atom is -0.493 e. The van der Waals surface area contributed by atoms with Gasteiger partial charge in [0, 0.05) is 29.9 Å². The number of carbonyl (C=O) groups is 2.